The smallest absolute Gasteiger partial charge is 0.250 e. The lowest BCUT2D eigenvalue weighted by atomic mass is 10.1. The lowest BCUT2D eigenvalue weighted by molar-refractivity contribution is -0.120. The molecule has 24 heavy (non-hydrogen) atoms. The van der Waals surface area contributed by atoms with E-state index in [4.69, 9.17) is 0 Å². The average Bonchev–Trinajstić information content (AvgIpc) is 2.93. The molecule has 130 valence electrons. The number of hydrogen-bond acceptors (Lipinski definition) is 4. The molecule has 2 atom stereocenters. The first-order chi connectivity index (χ1) is 11.2. The van der Waals surface area contributed by atoms with Crippen molar-refractivity contribution in [3.63, 3.8) is 0 Å². The predicted molar refractivity (Wildman–Crippen MR) is 102 cm³/mol. The lowest BCUT2D eigenvalue weighted by Crippen LogP contribution is -2.37. The number of benzene rings is 1. The molecule has 0 spiro atoms. The second-order valence-corrected chi connectivity index (χ2v) is 10.7. The van der Waals surface area contributed by atoms with Gasteiger partial charge in [-0.05, 0) is 30.7 Å². The number of aryl methyl sites for hydroxylation is 1. The van der Waals surface area contributed by atoms with Gasteiger partial charge in [0.15, 0.2) is 15.0 Å². The molecule has 1 aromatic carbocycles. The quantitative estimate of drug-likeness (QED) is 0.720. The van der Waals surface area contributed by atoms with Crippen LogP contribution >= 0.6 is 27.7 Å². The molecule has 0 N–H and O–H groups in total. The summed E-state index contributed by atoms with van der Waals surface area (Å²) < 4.78 is 25.0. The fourth-order valence-electron chi connectivity index (χ4n) is 2.87. The van der Waals surface area contributed by atoms with Crippen LogP contribution in [0.4, 0.5) is 5.69 Å². The van der Waals surface area contributed by atoms with Crippen LogP contribution in [-0.4, -0.2) is 42.3 Å². The van der Waals surface area contributed by atoms with Gasteiger partial charge < -0.3 is 4.90 Å². The summed E-state index contributed by atoms with van der Waals surface area (Å²) in [4.78, 5) is 18.3. The van der Waals surface area contributed by atoms with Crippen molar-refractivity contribution in [2.45, 2.75) is 32.1 Å². The fourth-order valence-corrected chi connectivity index (χ4v) is 7.03. The highest BCUT2D eigenvalue weighted by Gasteiger charge is 2.49. The SMILES string of the molecule is Cc1cc(N2C(=NC(=O)C(C)C)S[C@@H]3CS(=O)(=O)C[C@@H]32)ccc1Br. The Kier molecular flexibility index (Phi) is 4.83. The third-order valence-electron chi connectivity index (χ3n) is 4.19. The van der Waals surface area contributed by atoms with E-state index in [0.29, 0.717) is 5.17 Å². The van der Waals surface area contributed by atoms with Gasteiger partial charge in [-0.25, -0.2) is 8.42 Å². The van der Waals surface area contributed by atoms with Gasteiger partial charge in [-0.1, -0.05) is 41.5 Å². The van der Waals surface area contributed by atoms with E-state index in [1.165, 1.54) is 11.8 Å². The number of hydrogen-bond donors (Lipinski definition) is 0. The minimum absolute atomic E-state index is 0.0716. The van der Waals surface area contributed by atoms with Gasteiger partial charge in [0.05, 0.1) is 17.5 Å². The lowest BCUT2D eigenvalue weighted by Gasteiger charge is -2.25. The van der Waals surface area contributed by atoms with E-state index >= 15 is 0 Å². The zero-order chi connectivity index (χ0) is 17.6. The Labute approximate surface area is 155 Å². The van der Waals surface area contributed by atoms with E-state index < -0.39 is 9.84 Å². The molecule has 2 aliphatic rings. The Morgan fingerprint density at radius 2 is 2.08 bits per heavy atom. The van der Waals surface area contributed by atoms with Crippen LogP contribution in [0.3, 0.4) is 0 Å². The summed E-state index contributed by atoms with van der Waals surface area (Å²) in [6.45, 7) is 5.60. The van der Waals surface area contributed by atoms with Gasteiger partial charge in [0.1, 0.15) is 0 Å². The second-order valence-electron chi connectivity index (χ2n) is 6.49. The first kappa shape index (κ1) is 17.9. The predicted octanol–water partition coefficient (Wildman–Crippen LogP) is 3.01. The molecule has 8 heteroatoms. The Balaban J connectivity index is 2.04. The summed E-state index contributed by atoms with van der Waals surface area (Å²) in [7, 11) is -3.04. The third kappa shape index (κ3) is 3.41. The minimum Gasteiger partial charge on any atom is -0.316 e. The summed E-state index contributed by atoms with van der Waals surface area (Å²) in [5, 5.41) is 0.540. The molecule has 1 aromatic rings. The number of aliphatic imine (C=N–C) groups is 1. The molecule has 0 aromatic heterocycles. The highest BCUT2D eigenvalue weighted by molar-refractivity contribution is 9.10. The minimum atomic E-state index is -3.04. The van der Waals surface area contributed by atoms with Crippen LogP contribution in [-0.2, 0) is 14.6 Å². The van der Waals surface area contributed by atoms with Crippen LogP contribution < -0.4 is 4.90 Å². The third-order valence-corrected chi connectivity index (χ3v) is 8.29. The molecule has 0 radical (unpaired) electrons. The Morgan fingerprint density at radius 3 is 2.71 bits per heavy atom. The number of carbonyl (C=O) groups is 1. The van der Waals surface area contributed by atoms with Crippen molar-refractivity contribution in [2.24, 2.45) is 10.9 Å². The second kappa shape index (κ2) is 6.46. The number of halogens is 1. The van der Waals surface area contributed by atoms with Crippen molar-refractivity contribution in [1.82, 2.24) is 0 Å². The largest absolute Gasteiger partial charge is 0.316 e. The first-order valence-electron chi connectivity index (χ1n) is 7.73. The molecule has 0 bridgehead atoms. The zero-order valence-corrected chi connectivity index (χ0v) is 16.9. The van der Waals surface area contributed by atoms with Crippen molar-refractivity contribution in [2.75, 3.05) is 16.4 Å². The molecule has 0 unspecified atom stereocenters. The van der Waals surface area contributed by atoms with E-state index in [9.17, 15) is 13.2 Å². The van der Waals surface area contributed by atoms with E-state index in [-0.39, 0.29) is 34.6 Å². The standard InChI is InChI=1S/C16H19BrN2O3S2/c1-9(2)15(20)18-16-19(11-4-5-12(17)10(3)6-11)13-7-24(21,22)8-14(13)23-16/h4-6,9,13-14H,7-8H2,1-3H3/t13-,14+/m0/s1. The molecular weight excluding hydrogens is 412 g/mol. The van der Waals surface area contributed by atoms with E-state index in [0.717, 1.165) is 15.7 Å². The topological polar surface area (TPSA) is 66.8 Å². The summed E-state index contributed by atoms with van der Waals surface area (Å²) in [6, 6.07) is 5.70. The van der Waals surface area contributed by atoms with Crippen molar-refractivity contribution in [3.8, 4) is 0 Å². The number of carbonyl (C=O) groups excluding carboxylic acids is 1. The Morgan fingerprint density at radius 1 is 1.38 bits per heavy atom. The number of thioether (sulfide) groups is 1. The molecule has 1 amide bonds. The highest BCUT2D eigenvalue weighted by Crippen LogP contribution is 2.41. The maximum Gasteiger partial charge on any atom is 0.250 e. The number of amides is 1. The molecule has 2 fully saturated rings. The Hall–Kier alpha value is -0.860. The van der Waals surface area contributed by atoms with Crippen molar-refractivity contribution in [3.05, 3.63) is 28.2 Å². The van der Waals surface area contributed by atoms with Crippen molar-refractivity contribution < 1.29 is 13.2 Å². The van der Waals surface area contributed by atoms with Gasteiger partial charge in [0.2, 0.25) is 0 Å². The van der Waals surface area contributed by atoms with Crippen molar-refractivity contribution >= 4 is 54.3 Å². The summed E-state index contributed by atoms with van der Waals surface area (Å²) >= 11 is 4.89. The van der Waals surface area contributed by atoms with Crippen LogP contribution in [0.25, 0.3) is 0 Å². The average molecular weight is 431 g/mol. The van der Waals surface area contributed by atoms with Crippen LogP contribution in [0.1, 0.15) is 19.4 Å². The molecule has 5 nitrogen and oxygen atoms in total. The Bertz CT molecular complexity index is 821. The number of anilines is 1. The number of rotatable bonds is 2. The summed E-state index contributed by atoms with van der Waals surface area (Å²) in [5.74, 6) is -0.118. The van der Waals surface area contributed by atoms with Gasteiger partial charge in [-0.2, -0.15) is 4.99 Å². The fraction of sp³-hybridized carbons (Fsp3) is 0.500. The molecule has 2 saturated heterocycles. The van der Waals surface area contributed by atoms with Gasteiger partial charge >= 0.3 is 0 Å². The maximum atomic E-state index is 12.1. The highest BCUT2D eigenvalue weighted by atomic mass is 79.9. The normalized spacial score (nSPS) is 27.0. The molecule has 2 aliphatic heterocycles. The summed E-state index contributed by atoms with van der Waals surface area (Å²) in [6.07, 6.45) is 0. The van der Waals surface area contributed by atoms with Crippen LogP contribution in [0.2, 0.25) is 0 Å². The number of amidine groups is 1. The molecular formula is C16H19BrN2O3S2. The number of sulfone groups is 1. The number of nitrogens with zero attached hydrogens (tertiary/aromatic N) is 2. The monoisotopic (exact) mass is 430 g/mol. The van der Waals surface area contributed by atoms with Crippen LogP contribution in [0.15, 0.2) is 27.7 Å². The molecule has 2 heterocycles. The maximum absolute atomic E-state index is 12.1. The zero-order valence-electron chi connectivity index (χ0n) is 13.7. The molecule has 0 aliphatic carbocycles. The first-order valence-corrected chi connectivity index (χ1v) is 11.2. The summed E-state index contributed by atoms with van der Waals surface area (Å²) in [5.41, 5.74) is 1.93. The van der Waals surface area contributed by atoms with Gasteiger partial charge in [0.25, 0.3) is 5.91 Å². The number of fused-ring (bicyclic) bond motifs is 1. The van der Waals surface area contributed by atoms with Gasteiger partial charge in [0, 0.05) is 21.3 Å². The van der Waals surface area contributed by atoms with Gasteiger partial charge in [-0.3, -0.25) is 4.79 Å². The van der Waals surface area contributed by atoms with Crippen molar-refractivity contribution in [1.29, 1.82) is 0 Å². The molecule has 3 rings (SSSR count). The molecule has 0 saturated carbocycles. The van der Waals surface area contributed by atoms with Crippen LogP contribution in [0.5, 0.6) is 0 Å². The van der Waals surface area contributed by atoms with Crippen LogP contribution in [0, 0.1) is 12.8 Å². The van der Waals surface area contributed by atoms with E-state index in [1.807, 2.05) is 43.9 Å². The van der Waals surface area contributed by atoms with E-state index in [1.54, 1.807) is 0 Å². The van der Waals surface area contributed by atoms with E-state index in [2.05, 4.69) is 20.9 Å². The van der Waals surface area contributed by atoms with Gasteiger partial charge in [-0.15, -0.1) is 0 Å².